The molecule has 1 rings (SSSR count). The predicted octanol–water partition coefficient (Wildman–Crippen LogP) is 3.42. The van der Waals surface area contributed by atoms with Crippen molar-refractivity contribution in [2.45, 2.75) is 19.2 Å². The maximum absolute atomic E-state index is 11.9. The molecule has 0 spiro atoms. The molecule has 6 heteroatoms. The van der Waals surface area contributed by atoms with E-state index in [1.165, 1.54) is 12.1 Å². The zero-order valence-corrected chi connectivity index (χ0v) is 10.1. The summed E-state index contributed by atoms with van der Waals surface area (Å²) in [5, 5.41) is 3.10. The molecule has 0 unspecified atom stereocenters. The highest BCUT2D eigenvalue weighted by atomic mass is 19.4. The molecule has 1 aromatic rings. The van der Waals surface area contributed by atoms with Crippen molar-refractivity contribution in [3.8, 4) is 5.75 Å². The van der Waals surface area contributed by atoms with Gasteiger partial charge in [-0.25, -0.2) is 0 Å². The Labute approximate surface area is 104 Å². The number of ether oxygens (including phenoxy) is 2. The molecule has 0 aliphatic carbocycles. The van der Waals surface area contributed by atoms with Gasteiger partial charge in [-0.15, -0.1) is 13.2 Å². The van der Waals surface area contributed by atoms with Crippen molar-refractivity contribution in [2.24, 2.45) is 0 Å². The third kappa shape index (κ3) is 6.34. The van der Waals surface area contributed by atoms with E-state index in [0.29, 0.717) is 6.61 Å². The van der Waals surface area contributed by atoms with Gasteiger partial charge in [-0.3, -0.25) is 0 Å². The van der Waals surface area contributed by atoms with Gasteiger partial charge in [0.2, 0.25) is 0 Å². The van der Waals surface area contributed by atoms with Gasteiger partial charge in [-0.1, -0.05) is 0 Å². The summed E-state index contributed by atoms with van der Waals surface area (Å²) >= 11 is 0. The molecule has 0 heterocycles. The van der Waals surface area contributed by atoms with Crippen LogP contribution in [0.4, 0.5) is 18.9 Å². The standard InChI is InChI=1S/C12H16F3NO2/c1-17-9-3-2-8-16-10-4-6-11(7-5-10)18-12(13,14)15/h4-7,16H,2-3,8-9H2,1H3. The van der Waals surface area contributed by atoms with Gasteiger partial charge in [0.25, 0.3) is 0 Å². The van der Waals surface area contributed by atoms with E-state index in [9.17, 15) is 13.2 Å². The van der Waals surface area contributed by atoms with Crippen LogP contribution in [0.1, 0.15) is 12.8 Å². The van der Waals surface area contributed by atoms with E-state index in [-0.39, 0.29) is 5.75 Å². The lowest BCUT2D eigenvalue weighted by Gasteiger charge is -2.10. The zero-order valence-electron chi connectivity index (χ0n) is 10.1. The molecule has 1 N–H and O–H groups in total. The molecular formula is C12H16F3NO2. The number of nitrogens with one attached hydrogen (secondary N) is 1. The summed E-state index contributed by atoms with van der Waals surface area (Å²) in [6, 6.07) is 5.67. The average Bonchev–Trinajstić information content (AvgIpc) is 2.29. The Bertz CT molecular complexity index is 338. The number of hydrogen-bond acceptors (Lipinski definition) is 3. The quantitative estimate of drug-likeness (QED) is 0.764. The predicted molar refractivity (Wildman–Crippen MR) is 62.7 cm³/mol. The smallest absolute Gasteiger partial charge is 0.406 e. The summed E-state index contributed by atoms with van der Waals surface area (Å²) < 4.78 is 44.4. The zero-order chi connectivity index (χ0) is 13.4. The van der Waals surface area contributed by atoms with Gasteiger partial charge in [0.05, 0.1) is 0 Å². The molecule has 3 nitrogen and oxygen atoms in total. The van der Waals surface area contributed by atoms with Crippen LogP contribution in [0.25, 0.3) is 0 Å². The van der Waals surface area contributed by atoms with Crippen molar-refractivity contribution >= 4 is 5.69 Å². The topological polar surface area (TPSA) is 30.5 Å². The van der Waals surface area contributed by atoms with E-state index in [1.54, 1.807) is 19.2 Å². The van der Waals surface area contributed by atoms with Crippen LogP contribution in [0.15, 0.2) is 24.3 Å². The van der Waals surface area contributed by atoms with Crippen molar-refractivity contribution < 1.29 is 22.6 Å². The number of alkyl halides is 3. The average molecular weight is 263 g/mol. The minimum Gasteiger partial charge on any atom is -0.406 e. The Balaban J connectivity index is 2.32. The minimum atomic E-state index is -4.64. The molecule has 0 saturated carbocycles. The lowest BCUT2D eigenvalue weighted by atomic mass is 10.2. The molecule has 0 atom stereocenters. The SMILES string of the molecule is COCCCCNc1ccc(OC(F)(F)F)cc1. The van der Waals surface area contributed by atoms with Gasteiger partial charge < -0.3 is 14.8 Å². The van der Waals surface area contributed by atoms with Gasteiger partial charge in [0, 0.05) is 25.9 Å². The van der Waals surface area contributed by atoms with Crippen molar-refractivity contribution in [1.29, 1.82) is 0 Å². The fourth-order valence-electron chi connectivity index (χ4n) is 1.38. The molecule has 0 bridgehead atoms. The van der Waals surface area contributed by atoms with Crippen LogP contribution >= 0.6 is 0 Å². The van der Waals surface area contributed by atoms with Gasteiger partial charge in [-0.05, 0) is 37.1 Å². The van der Waals surface area contributed by atoms with Crippen molar-refractivity contribution in [2.75, 3.05) is 25.6 Å². The lowest BCUT2D eigenvalue weighted by molar-refractivity contribution is -0.274. The van der Waals surface area contributed by atoms with Crippen molar-refractivity contribution in [3.63, 3.8) is 0 Å². The first-order chi connectivity index (χ1) is 8.51. The maximum Gasteiger partial charge on any atom is 0.573 e. The molecule has 0 saturated heterocycles. The van der Waals surface area contributed by atoms with Crippen LogP contribution in [0.5, 0.6) is 5.75 Å². The van der Waals surface area contributed by atoms with Crippen LogP contribution in [-0.2, 0) is 4.74 Å². The first kappa shape index (κ1) is 14.6. The molecule has 0 aromatic heterocycles. The molecule has 0 radical (unpaired) electrons. The van der Waals surface area contributed by atoms with E-state index >= 15 is 0 Å². The highest BCUT2D eigenvalue weighted by molar-refractivity contribution is 5.46. The Morgan fingerprint density at radius 3 is 2.33 bits per heavy atom. The van der Waals surface area contributed by atoms with Gasteiger partial charge in [0.1, 0.15) is 5.75 Å². The summed E-state index contributed by atoms with van der Waals surface area (Å²) in [5.41, 5.74) is 0.766. The number of anilines is 1. The van der Waals surface area contributed by atoms with E-state index in [1.807, 2.05) is 0 Å². The summed E-state index contributed by atoms with van der Waals surface area (Å²) in [4.78, 5) is 0. The lowest BCUT2D eigenvalue weighted by Crippen LogP contribution is -2.17. The van der Waals surface area contributed by atoms with Crippen molar-refractivity contribution in [3.05, 3.63) is 24.3 Å². The first-order valence-electron chi connectivity index (χ1n) is 5.60. The van der Waals surface area contributed by atoms with E-state index in [4.69, 9.17) is 4.74 Å². The highest BCUT2D eigenvalue weighted by Gasteiger charge is 2.30. The van der Waals surface area contributed by atoms with E-state index in [0.717, 1.165) is 25.1 Å². The largest absolute Gasteiger partial charge is 0.573 e. The van der Waals surface area contributed by atoms with Crippen LogP contribution in [0.3, 0.4) is 0 Å². The molecule has 0 amide bonds. The first-order valence-corrected chi connectivity index (χ1v) is 5.60. The second-order valence-corrected chi connectivity index (χ2v) is 3.70. The van der Waals surface area contributed by atoms with E-state index < -0.39 is 6.36 Å². The number of unbranched alkanes of at least 4 members (excludes halogenated alkanes) is 1. The van der Waals surface area contributed by atoms with Crippen LogP contribution in [-0.4, -0.2) is 26.6 Å². The normalized spacial score (nSPS) is 11.3. The Hall–Kier alpha value is -1.43. The summed E-state index contributed by atoms with van der Waals surface area (Å²) in [5.74, 6) is -0.215. The Morgan fingerprint density at radius 1 is 1.11 bits per heavy atom. The minimum absolute atomic E-state index is 0.215. The Kier molecular flexibility index (Phi) is 5.77. The monoisotopic (exact) mass is 263 g/mol. The van der Waals surface area contributed by atoms with Gasteiger partial charge >= 0.3 is 6.36 Å². The molecule has 1 aromatic carbocycles. The number of rotatable bonds is 7. The summed E-state index contributed by atoms with van der Waals surface area (Å²) in [6.45, 7) is 1.46. The van der Waals surface area contributed by atoms with Gasteiger partial charge in [0.15, 0.2) is 0 Å². The third-order valence-corrected chi connectivity index (χ3v) is 2.19. The van der Waals surface area contributed by atoms with Crippen molar-refractivity contribution in [1.82, 2.24) is 0 Å². The maximum atomic E-state index is 11.9. The van der Waals surface area contributed by atoms with E-state index in [2.05, 4.69) is 10.1 Å². The third-order valence-electron chi connectivity index (χ3n) is 2.19. The number of methoxy groups -OCH3 is 1. The molecule has 0 aliphatic heterocycles. The highest BCUT2D eigenvalue weighted by Crippen LogP contribution is 2.23. The molecule has 0 fully saturated rings. The molecule has 18 heavy (non-hydrogen) atoms. The number of hydrogen-bond donors (Lipinski definition) is 1. The fourth-order valence-corrected chi connectivity index (χ4v) is 1.38. The molecule has 102 valence electrons. The van der Waals surface area contributed by atoms with Gasteiger partial charge in [-0.2, -0.15) is 0 Å². The summed E-state index contributed by atoms with van der Waals surface area (Å²) in [7, 11) is 1.65. The molecule has 0 aliphatic rings. The second-order valence-electron chi connectivity index (χ2n) is 3.70. The molecular weight excluding hydrogens is 247 g/mol. The van der Waals surface area contributed by atoms with Crippen LogP contribution in [0.2, 0.25) is 0 Å². The Morgan fingerprint density at radius 2 is 1.78 bits per heavy atom. The number of halogens is 3. The van der Waals surface area contributed by atoms with Crippen LogP contribution < -0.4 is 10.1 Å². The fraction of sp³-hybridized carbons (Fsp3) is 0.500. The second kappa shape index (κ2) is 7.10. The van der Waals surface area contributed by atoms with Crippen LogP contribution in [0, 0.1) is 0 Å². The summed E-state index contributed by atoms with van der Waals surface area (Å²) in [6.07, 6.45) is -2.76. The number of benzene rings is 1.